The number of nitrogens with zero attached hydrogens (tertiary/aromatic N) is 1. The van der Waals surface area contributed by atoms with E-state index in [0.29, 0.717) is 44.6 Å². The highest BCUT2D eigenvalue weighted by molar-refractivity contribution is 5.80. The molecule has 2 aromatic carbocycles. The lowest BCUT2D eigenvalue weighted by molar-refractivity contribution is -0.127. The van der Waals surface area contributed by atoms with Crippen molar-refractivity contribution in [1.82, 2.24) is 10.2 Å². The molecular formula is C41H60N2O6. The number of hydrogen-bond donors (Lipinski definition) is 3. The molecule has 0 spiro atoms. The fourth-order valence-corrected chi connectivity index (χ4v) is 8.19. The number of morpholine rings is 1. The van der Waals surface area contributed by atoms with Gasteiger partial charge in [-0.1, -0.05) is 75.4 Å². The molecule has 0 radical (unpaired) electrons. The lowest BCUT2D eigenvalue weighted by atomic mass is 9.75. The summed E-state index contributed by atoms with van der Waals surface area (Å²) >= 11 is 0. The summed E-state index contributed by atoms with van der Waals surface area (Å²) in [5, 5.41) is 26.0. The van der Waals surface area contributed by atoms with Crippen LogP contribution < -0.4 is 10.1 Å². The van der Waals surface area contributed by atoms with Gasteiger partial charge in [0.05, 0.1) is 25.4 Å². The molecule has 0 bridgehead atoms. The second kappa shape index (κ2) is 19.6. The van der Waals surface area contributed by atoms with Crippen LogP contribution in [0.1, 0.15) is 107 Å². The van der Waals surface area contributed by atoms with Gasteiger partial charge in [0.1, 0.15) is 18.1 Å². The molecule has 0 aromatic heterocycles. The molecule has 2 fully saturated rings. The Morgan fingerprint density at radius 3 is 2.51 bits per heavy atom. The Morgan fingerprint density at radius 2 is 1.76 bits per heavy atom. The van der Waals surface area contributed by atoms with Crippen molar-refractivity contribution in [3.8, 4) is 5.75 Å². The molecule has 2 aromatic rings. The first-order chi connectivity index (χ1) is 23.9. The van der Waals surface area contributed by atoms with E-state index in [1.54, 1.807) is 0 Å². The summed E-state index contributed by atoms with van der Waals surface area (Å²) in [7, 11) is 0. The van der Waals surface area contributed by atoms with Crippen molar-refractivity contribution in [2.24, 2.45) is 11.8 Å². The molecule has 1 aliphatic heterocycles. The quantitative estimate of drug-likeness (QED) is 0.157. The molecule has 8 nitrogen and oxygen atoms in total. The van der Waals surface area contributed by atoms with Crippen LogP contribution in [-0.4, -0.2) is 84.5 Å². The standard InChI is InChI=1S/C41H60N2O6/c1-2-3-5-13-34(44)17-18-35(45)28-33(27-30-15-19-36(20-16-30)49-26-23-43-21-24-48-25-22-43)41(47)42-40(31-10-6-4-7-11-31)39-37-14-9-8-12-32(37)29-38(39)46/h8-9,12,14-16,19-20,31,33,35,38-40,45-46H,2-7,10-11,13,17-18,21-29H2,1H3,(H,42,47)/t33?,35?,38-,39+,40+/m0/s1. The normalized spacial score (nSPS) is 21.9. The first-order valence-electron chi connectivity index (χ1n) is 19.2. The predicted octanol–water partition coefficient (Wildman–Crippen LogP) is 6.00. The summed E-state index contributed by atoms with van der Waals surface area (Å²) < 4.78 is 11.5. The highest BCUT2D eigenvalue weighted by atomic mass is 16.5. The van der Waals surface area contributed by atoms with E-state index in [4.69, 9.17) is 9.47 Å². The monoisotopic (exact) mass is 676 g/mol. The maximum atomic E-state index is 14.4. The maximum absolute atomic E-state index is 14.4. The van der Waals surface area contributed by atoms with Crippen LogP contribution in [0.2, 0.25) is 0 Å². The first-order valence-corrected chi connectivity index (χ1v) is 19.2. The van der Waals surface area contributed by atoms with Crippen LogP contribution >= 0.6 is 0 Å². The van der Waals surface area contributed by atoms with Gasteiger partial charge in [-0.05, 0) is 79.7 Å². The van der Waals surface area contributed by atoms with Crippen LogP contribution in [0.15, 0.2) is 48.5 Å². The molecule has 3 aliphatic rings. The maximum Gasteiger partial charge on any atom is 0.223 e. The van der Waals surface area contributed by atoms with Crippen LogP contribution in [0.4, 0.5) is 0 Å². The predicted molar refractivity (Wildman–Crippen MR) is 193 cm³/mol. The highest BCUT2D eigenvalue weighted by Crippen LogP contribution is 2.41. The third-order valence-electron chi connectivity index (χ3n) is 11.0. The van der Waals surface area contributed by atoms with Gasteiger partial charge in [0.2, 0.25) is 5.91 Å². The van der Waals surface area contributed by atoms with Crippen LogP contribution in [0.5, 0.6) is 5.75 Å². The molecule has 8 heteroatoms. The molecule has 1 saturated heterocycles. The molecule has 49 heavy (non-hydrogen) atoms. The van der Waals surface area contributed by atoms with Gasteiger partial charge in [0, 0.05) is 50.4 Å². The molecule has 3 N–H and O–H groups in total. The number of carbonyl (C=O) groups excluding carboxylic acids is 2. The van der Waals surface area contributed by atoms with Crippen LogP contribution in [0, 0.1) is 11.8 Å². The molecule has 1 heterocycles. The van der Waals surface area contributed by atoms with Crippen molar-refractivity contribution in [3.63, 3.8) is 0 Å². The number of ether oxygens (including phenoxy) is 2. The van der Waals surface area contributed by atoms with Gasteiger partial charge in [-0.15, -0.1) is 0 Å². The SMILES string of the molecule is CCCCCC(=O)CCC(O)CC(Cc1ccc(OCCN2CCOCC2)cc1)C(=O)N[C@H](C1CCCCC1)[C@@H]1c2ccccc2C[C@@H]1O. The third-order valence-corrected chi connectivity index (χ3v) is 11.0. The number of aliphatic hydroxyl groups is 2. The zero-order chi connectivity index (χ0) is 34.4. The Morgan fingerprint density at radius 1 is 1.00 bits per heavy atom. The number of unbranched alkanes of at least 4 members (excludes halogenated alkanes) is 2. The Hall–Kier alpha value is -2.78. The lowest BCUT2D eigenvalue weighted by Gasteiger charge is -2.37. The van der Waals surface area contributed by atoms with Crippen LogP contribution in [-0.2, 0) is 27.2 Å². The zero-order valence-corrected chi connectivity index (χ0v) is 29.7. The molecule has 5 atom stereocenters. The second-order valence-electron chi connectivity index (χ2n) is 14.7. The zero-order valence-electron chi connectivity index (χ0n) is 29.7. The molecule has 270 valence electrons. The van der Waals surface area contributed by atoms with Crippen molar-refractivity contribution in [1.29, 1.82) is 0 Å². The number of fused-ring (bicyclic) bond motifs is 1. The summed E-state index contributed by atoms with van der Waals surface area (Å²) in [5.74, 6) is 0.575. The van der Waals surface area contributed by atoms with Crippen molar-refractivity contribution >= 4 is 11.7 Å². The average molecular weight is 677 g/mol. The molecule has 5 rings (SSSR count). The molecular weight excluding hydrogens is 616 g/mol. The van der Waals surface area contributed by atoms with Gasteiger partial charge in [0.15, 0.2) is 0 Å². The van der Waals surface area contributed by atoms with E-state index in [1.807, 2.05) is 36.4 Å². The largest absolute Gasteiger partial charge is 0.492 e. The van der Waals surface area contributed by atoms with E-state index in [2.05, 4.69) is 29.3 Å². The lowest BCUT2D eigenvalue weighted by Crippen LogP contribution is -2.49. The van der Waals surface area contributed by atoms with E-state index >= 15 is 0 Å². The van der Waals surface area contributed by atoms with E-state index in [-0.39, 0.29) is 30.1 Å². The van der Waals surface area contributed by atoms with Gasteiger partial charge in [-0.25, -0.2) is 0 Å². The van der Waals surface area contributed by atoms with E-state index in [9.17, 15) is 19.8 Å². The van der Waals surface area contributed by atoms with Crippen molar-refractivity contribution in [2.75, 3.05) is 39.5 Å². The Labute approximate surface area is 294 Å². The summed E-state index contributed by atoms with van der Waals surface area (Å²) in [5.41, 5.74) is 3.31. The van der Waals surface area contributed by atoms with Gasteiger partial charge >= 0.3 is 0 Å². The third kappa shape index (κ3) is 11.4. The van der Waals surface area contributed by atoms with Crippen LogP contribution in [0.25, 0.3) is 0 Å². The summed E-state index contributed by atoms with van der Waals surface area (Å²) in [6.45, 7) is 6.97. The topological polar surface area (TPSA) is 108 Å². The Balaban J connectivity index is 1.27. The number of nitrogens with one attached hydrogen (secondary N) is 1. The van der Waals surface area contributed by atoms with Gasteiger partial charge < -0.3 is 25.0 Å². The number of hydrogen-bond acceptors (Lipinski definition) is 7. The first kappa shape index (κ1) is 37.5. The van der Waals surface area contributed by atoms with Gasteiger partial charge in [-0.2, -0.15) is 0 Å². The van der Waals surface area contributed by atoms with Gasteiger partial charge in [-0.3, -0.25) is 14.5 Å². The summed E-state index contributed by atoms with van der Waals surface area (Å²) in [6.07, 6.45) is 9.89. The highest BCUT2D eigenvalue weighted by Gasteiger charge is 2.42. The second-order valence-corrected chi connectivity index (χ2v) is 14.7. The van der Waals surface area contributed by atoms with E-state index in [1.165, 1.54) is 6.42 Å². The Bertz CT molecular complexity index is 1290. The van der Waals surface area contributed by atoms with Gasteiger partial charge in [0.25, 0.3) is 0 Å². The number of benzene rings is 2. The van der Waals surface area contributed by atoms with Crippen molar-refractivity contribution < 1.29 is 29.3 Å². The molecule has 1 amide bonds. The minimum atomic E-state index is -0.750. The number of aliphatic hydroxyl groups excluding tert-OH is 2. The van der Waals surface area contributed by atoms with Crippen molar-refractivity contribution in [3.05, 3.63) is 65.2 Å². The smallest absolute Gasteiger partial charge is 0.223 e. The Kier molecular flexibility index (Phi) is 15.0. The van der Waals surface area contributed by atoms with E-state index in [0.717, 1.165) is 100 Å². The average Bonchev–Trinajstić information content (AvgIpc) is 3.46. The number of ketones is 1. The molecule has 2 unspecified atom stereocenters. The van der Waals surface area contributed by atoms with E-state index < -0.39 is 18.1 Å². The fraction of sp³-hybridized carbons (Fsp3) is 0.659. The number of amides is 1. The van der Waals surface area contributed by atoms with Crippen molar-refractivity contribution in [2.45, 2.75) is 121 Å². The summed E-state index contributed by atoms with van der Waals surface area (Å²) in [4.78, 5) is 29.2. The molecule has 2 aliphatic carbocycles. The number of carbonyl (C=O) groups is 2. The number of Topliss-reactive ketones (excluding diaryl/α,β-unsaturated/α-hetero) is 1. The number of rotatable bonds is 19. The fourth-order valence-electron chi connectivity index (χ4n) is 8.19. The minimum absolute atomic E-state index is 0.0775. The van der Waals surface area contributed by atoms with Crippen LogP contribution in [0.3, 0.4) is 0 Å². The summed E-state index contributed by atoms with van der Waals surface area (Å²) in [6, 6.07) is 16.0. The minimum Gasteiger partial charge on any atom is -0.492 e. The molecule has 1 saturated carbocycles.